The van der Waals surface area contributed by atoms with Gasteiger partial charge in [0.2, 0.25) is 0 Å². The van der Waals surface area contributed by atoms with E-state index in [2.05, 4.69) is 33.4 Å². The molecule has 0 heterocycles. The summed E-state index contributed by atoms with van der Waals surface area (Å²) in [5.74, 6) is 0. The molecule has 0 aromatic carbocycles. The maximum Gasteiger partial charge on any atom is -0.0195 e. The molecule has 0 spiro atoms. The number of rotatable bonds is 0. The van der Waals surface area contributed by atoms with Crippen LogP contribution < -0.4 is 5.73 Å². The fraction of sp³-hybridized carbons (Fsp3) is 1.00. The van der Waals surface area contributed by atoms with Crippen LogP contribution in [0.25, 0.3) is 0 Å². The Hall–Kier alpha value is -0.0800. The zero-order valence-electron chi connectivity index (χ0n) is 11.5. The van der Waals surface area contributed by atoms with E-state index in [0.717, 1.165) is 0 Å². The molecule has 0 fully saturated rings. The molecule has 0 atom stereocenters. The molecule has 2 nitrogen and oxygen atoms in total. The second kappa shape index (κ2) is 386. The van der Waals surface area contributed by atoms with Crippen LogP contribution in [-0.4, -0.2) is 12.5 Å². The minimum atomic E-state index is 0. The Balaban J connectivity index is -0.0000000118. The van der Waals surface area contributed by atoms with E-state index in [1.807, 2.05) is 27.7 Å². The van der Waals surface area contributed by atoms with Gasteiger partial charge < -0.3 is 11.2 Å². The van der Waals surface area contributed by atoms with E-state index >= 15 is 0 Å². The Morgan fingerprint density at radius 3 is 0.615 bits per heavy atom. The van der Waals surface area contributed by atoms with E-state index < -0.39 is 0 Å². The summed E-state index contributed by atoms with van der Waals surface area (Å²) in [6, 6.07) is 0. The highest BCUT2D eigenvalue weighted by molar-refractivity contribution is 3.92. The van der Waals surface area contributed by atoms with Gasteiger partial charge >= 0.3 is 0 Å². The van der Waals surface area contributed by atoms with Crippen molar-refractivity contribution in [2.45, 2.75) is 68.2 Å². The molecule has 4 N–H and O–H groups in total. The SMILES string of the molecule is CC.CC.CCC.CCC.CN.O. The standard InChI is InChI=1S/2C3H8.2C2H6.CH5N.H2O/c2*1-3-2;3*1-2;/h2*3H2,1-2H3;2*1-2H3;2H2,1H3;1H2. The lowest BCUT2D eigenvalue weighted by atomic mass is 10.6. The van der Waals surface area contributed by atoms with E-state index in [1.165, 1.54) is 19.9 Å². The molecule has 0 radical (unpaired) electrons. The summed E-state index contributed by atoms with van der Waals surface area (Å²) in [5, 5.41) is 0. The molecular formula is C11H35NO. The average molecular weight is 197 g/mol. The lowest BCUT2D eigenvalue weighted by Crippen LogP contribution is -1.69. The van der Waals surface area contributed by atoms with Crippen molar-refractivity contribution in [3.05, 3.63) is 0 Å². The summed E-state index contributed by atoms with van der Waals surface area (Å²) < 4.78 is 0. The molecule has 0 aromatic rings. The van der Waals surface area contributed by atoms with Crippen LogP contribution >= 0.6 is 0 Å². The van der Waals surface area contributed by atoms with Gasteiger partial charge in [-0.15, -0.1) is 0 Å². The average Bonchev–Trinajstić information content (AvgIpc) is 2.16. The summed E-state index contributed by atoms with van der Waals surface area (Å²) in [4.78, 5) is 0. The van der Waals surface area contributed by atoms with Gasteiger partial charge in [-0.05, 0) is 7.05 Å². The van der Waals surface area contributed by atoms with Gasteiger partial charge in [-0.2, -0.15) is 0 Å². The van der Waals surface area contributed by atoms with Gasteiger partial charge in [-0.1, -0.05) is 68.2 Å². The summed E-state index contributed by atoms with van der Waals surface area (Å²) in [6.45, 7) is 16.5. The van der Waals surface area contributed by atoms with Crippen LogP contribution in [0.3, 0.4) is 0 Å². The van der Waals surface area contributed by atoms with Gasteiger partial charge in [0.25, 0.3) is 0 Å². The first-order valence-corrected chi connectivity index (χ1v) is 5.41. The number of hydrogen-bond donors (Lipinski definition) is 1. The van der Waals surface area contributed by atoms with Gasteiger partial charge in [-0.25, -0.2) is 0 Å². The molecule has 0 aliphatic carbocycles. The minimum Gasteiger partial charge on any atom is -0.412 e. The van der Waals surface area contributed by atoms with Crippen molar-refractivity contribution in [2.24, 2.45) is 5.73 Å². The predicted molar refractivity (Wildman–Crippen MR) is 68.4 cm³/mol. The predicted octanol–water partition coefficient (Wildman–Crippen LogP) is 3.64. The van der Waals surface area contributed by atoms with E-state index in [0.29, 0.717) is 0 Å². The lowest BCUT2D eigenvalue weighted by Gasteiger charge is -1.48. The highest BCUT2D eigenvalue weighted by Gasteiger charge is 1.36. The third-order valence-corrected chi connectivity index (χ3v) is 0. The van der Waals surface area contributed by atoms with Gasteiger partial charge in [0.1, 0.15) is 0 Å². The van der Waals surface area contributed by atoms with Crippen LogP contribution in [0.15, 0.2) is 0 Å². The zero-order chi connectivity index (χ0) is 11.4. The first-order chi connectivity index (χ1) is 5.83. The third-order valence-electron chi connectivity index (χ3n) is 0. The normalized spacial score (nSPS) is 4.15. The molecule has 90 valence electrons. The molecule has 0 aromatic heterocycles. The zero-order valence-corrected chi connectivity index (χ0v) is 11.5. The summed E-state index contributed by atoms with van der Waals surface area (Å²) >= 11 is 0. The van der Waals surface area contributed by atoms with Crippen LogP contribution in [-0.2, 0) is 0 Å². The molecule has 0 amide bonds. The number of hydrogen-bond acceptors (Lipinski definition) is 1. The van der Waals surface area contributed by atoms with Crippen molar-refractivity contribution in [2.75, 3.05) is 7.05 Å². The molecule has 2 heteroatoms. The van der Waals surface area contributed by atoms with Crippen LogP contribution in [0.4, 0.5) is 0 Å². The monoisotopic (exact) mass is 197 g/mol. The Kier molecular flexibility index (Phi) is 1140. The van der Waals surface area contributed by atoms with Crippen molar-refractivity contribution < 1.29 is 5.48 Å². The Morgan fingerprint density at radius 2 is 0.615 bits per heavy atom. The van der Waals surface area contributed by atoms with Crippen LogP contribution in [0.2, 0.25) is 0 Å². The number of nitrogens with two attached hydrogens (primary N) is 1. The second-order valence-corrected chi connectivity index (χ2v) is 1.41. The van der Waals surface area contributed by atoms with Gasteiger partial charge in [-0.3, -0.25) is 0 Å². The van der Waals surface area contributed by atoms with Gasteiger partial charge in [0, 0.05) is 0 Å². The van der Waals surface area contributed by atoms with Crippen LogP contribution in [0, 0.1) is 0 Å². The highest BCUT2D eigenvalue weighted by atomic mass is 16.0. The topological polar surface area (TPSA) is 57.5 Å². The van der Waals surface area contributed by atoms with E-state index in [9.17, 15) is 0 Å². The lowest BCUT2D eigenvalue weighted by molar-refractivity contribution is 0.824. The third kappa shape index (κ3) is 183000. The fourth-order valence-electron chi connectivity index (χ4n) is 0. The van der Waals surface area contributed by atoms with Crippen LogP contribution in [0.5, 0.6) is 0 Å². The van der Waals surface area contributed by atoms with Gasteiger partial charge in [0.15, 0.2) is 0 Å². The molecule has 0 saturated heterocycles. The van der Waals surface area contributed by atoms with E-state index in [1.54, 1.807) is 0 Å². The first kappa shape index (κ1) is 38.3. The molecule has 0 rings (SSSR count). The molecular weight excluding hydrogens is 162 g/mol. The maximum absolute atomic E-state index is 4.50. The fourth-order valence-corrected chi connectivity index (χ4v) is 0. The minimum absolute atomic E-state index is 0. The van der Waals surface area contributed by atoms with Crippen molar-refractivity contribution in [3.8, 4) is 0 Å². The molecule has 0 bridgehead atoms. The second-order valence-electron chi connectivity index (χ2n) is 1.41. The molecule has 0 aliphatic heterocycles. The smallest absolute Gasteiger partial charge is 0.0195 e. The van der Waals surface area contributed by atoms with Gasteiger partial charge in [0.05, 0.1) is 0 Å². The molecule has 13 heavy (non-hydrogen) atoms. The molecule has 0 saturated carbocycles. The summed E-state index contributed by atoms with van der Waals surface area (Å²) in [7, 11) is 1.50. The van der Waals surface area contributed by atoms with Crippen molar-refractivity contribution in [1.82, 2.24) is 0 Å². The van der Waals surface area contributed by atoms with Crippen LogP contribution in [0.1, 0.15) is 68.2 Å². The molecule has 0 unspecified atom stereocenters. The van der Waals surface area contributed by atoms with Crippen molar-refractivity contribution in [3.63, 3.8) is 0 Å². The summed E-state index contributed by atoms with van der Waals surface area (Å²) in [6.07, 6.45) is 2.50. The van der Waals surface area contributed by atoms with Crippen molar-refractivity contribution >= 4 is 0 Å². The van der Waals surface area contributed by atoms with E-state index in [-0.39, 0.29) is 5.48 Å². The first-order valence-electron chi connectivity index (χ1n) is 5.41. The molecule has 0 aliphatic rings. The Labute approximate surface area is 87.2 Å². The maximum atomic E-state index is 4.50. The Bertz CT molecular complexity index is 12.1. The van der Waals surface area contributed by atoms with E-state index in [4.69, 9.17) is 0 Å². The largest absolute Gasteiger partial charge is 0.412 e. The Morgan fingerprint density at radius 1 is 0.615 bits per heavy atom. The summed E-state index contributed by atoms with van der Waals surface area (Å²) in [5.41, 5.74) is 4.50. The highest BCUT2D eigenvalue weighted by Crippen LogP contribution is 1.56. The van der Waals surface area contributed by atoms with Crippen molar-refractivity contribution in [1.29, 1.82) is 0 Å². The quantitative estimate of drug-likeness (QED) is 0.633.